The van der Waals surface area contributed by atoms with Gasteiger partial charge in [0.15, 0.2) is 0 Å². The zero-order valence-electron chi connectivity index (χ0n) is 17.3. The maximum absolute atomic E-state index is 10.1. The molecule has 0 amide bonds. The third-order valence-electron chi connectivity index (χ3n) is 5.98. The van der Waals surface area contributed by atoms with Crippen molar-refractivity contribution in [1.82, 2.24) is 4.98 Å². The van der Waals surface area contributed by atoms with Gasteiger partial charge >= 0.3 is 7.48 Å². The number of rotatable bonds is 7. The van der Waals surface area contributed by atoms with Gasteiger partial charge in [0.05, 0.1) is 0 Å². The molecule has 2 N–H and O–H groups in total. The van der Waals surface area contributed by atoms with Crippen LogP contribution < -0.4 is 5.46 Å². The van der Waals surface area contributed by atoms with Crippen molar-refractivity contribution in [3.63, 3.8) is 0 Å². The molecule has 3 rings (SSSR count). The van der Waals surface area contributed by atoms with E-state index in [-0.39, 0.29) is 7.48 Å². The molecule has 1 unspecified atom stereocenters. The number of fused-ring (bicyclic) bond motifs is 1. The summed E-state index contributed by atoms with van der Waals surface area (Å²) in [6, 6.07) is 17.0. The monoisotopic (exact) mass is 377 g/mol. The van der Waals surface area contributed by atoms with Crippen LogP contribution in [0.25, 0.3) is 22.0 Å². The highest BCUT2D eigenvalue weighted by atomic mass is 28.3. The van der Waals surface area contributed by atoms with Crippen LogP contribution in [-0.4, -0.2) is 26.3 Å². The first-order chi connectivity index (χ1) is 12.9. The number of aromatic nitrogens is 1. The fourth-order valence-electron chi connectivity index (χ4n) is 5.02. The molecule has 0 aliphatic heterocycles. The highest BCUT2D eigenvalue weighted by Gasteiger charge is 2.27. The van der Waals surface area contributed by atoms with Gasteiger partial charge in [-0.2, -0.15) is 0 Å². The van der Waals surface area contributed by atoms with Gasteiger partial charge < -0.3 is 10.0 Å². The van der Waals surface area contributed by atoms with Gasteiger partial charge in [-0.3, -0.25) is 0 Å². The van der Waals surface area contributed by atoms with E-state index in [9.17, 15) is 5.02 Å². The topological polar surface area (TPSA) is 36.0 Å². The van der Waals surface area contributed by atoms with E-state index in [0.717, 1.165) is 33.9 Å². The maximum Gasteiger partial charge on any atom is 0.307 e. The van der Waals surface area contributed by atoms with Crippen molar-refractivity contribution in [3.8, 4) is 11.1 Å². The molecule has 27 heavy (non-hydrogen) atoms. The summed E-state index contributed by atoms with van der Waals surface area (Å²) in [6.07, 6.45) is 1.04. The standard InChI is InChI=1S/C23H32BNOSi/c1-15(2)27(16(3)4)17(5)13-22-23(24-26)20-12-11-19(14-21(20)25-22)18-9-7-6-8-10-18/h6-12,14-17,24-27H,13H2,1-5H3. The first-order valence-electron chi connectivity index (χ1n) is 10.2. The number of hydrogen-bond donors (Lipinski definition) is 2. The predicted octanol–water partition coefficient (Wildman–Crippen LogP) is 4.78. The Bertz CT molecular complexity index is 880. The van der Waals surface area contributed by atoms with Crippen molar-refractivity contribution in [3.05, 3.63) is 54.2 Å². The van der Waals surface area contributed by atoms with Crippen molar-refractivity contribution < 1.29 is 5.02 Å². The second kappa shape index (κ2) is 8.49. The molecule has 0 saturated carbocycles. The van der Waals surface area contributed by atoms with Gasteiger partial charge in [0.25, 0.3) is 0 Å². The third-order valence-corrected chi connectivity index (χ3v) is 10.6. The van der Waals surface area contributed by atoms with Crippen LogP contribution in [0.3, 0.4) is 0 Å². The second-order valence-corrected chi connectivity index (χ2v) is 13.6. The van der Waals surface area contributed by atoms with Crippen molar-refractivity contribution in [2.24, 2.45) is 0 Å². The zero-order valence-corrected chi connectivity index (χ0v) is 18.4. The second-order valence-electron chi connectivity index (χ2n) is 8.61. The van der Waals surface area contributed by atoms with Crippen LogP contribution in [0.15, 0.2) is 48.5 Å². The zero-order chi connectivity index (χ0) is 19.6. The predicted molar refractivity (Wildman–Crippen MR) is 123 cm³/mol. The molecule has 2 aromatic carbocycles. The molecule has 2 nitrogen and oxygen atoms in total. The van der Waals surface area contributed by atoms with Crippen molar-refractivity contribution in [2.45, 2.75) is 57.7 Å². The quantitative estimate of drug-likeness (QED) is 0.571. The van der Waals surface area contributed by atoms with E-state index < -0.39 is 8.80 Å². The minimum absolute atomic E-state index is 0.0995. The molecule has 1 heterocycles. The van der Waals surface area contributed by atoms with Gasteiger partial charge in [-0.05, 0) is 40.0 Å². The third kappa shape index (κ3) is 4.22. The van der Waals surface area contributed by atoms with Crippen molar-refractivity contribution >= 4 is 32.6 Å². The lowest BCUT2D eigenvalue weighted by Crippen LogP contribution is -2.29. The van der Waals surface area contributed by atoms with E-state index >= 15 is 0 Å². The molecule has 0 aliphatic rings. The van der Waals surface area contributed by atoms with Gasteiger partial charge in [-0.25, -0.2) is 0 Å². The molecule has 0 spiro atoms. The fourth-order valence-corrected chi connectivity index (χ4v) is 9.69. The Kier molecular flexibility index (Phi) is 6.28. The first-order valence-corrected chi connectivity index (χ1v) is 12.2. The largest absolute Gasteiger partial charge is 0.449 e. The lowest BCUT2D eigenvalue weighted by atomic mass is 9.84. The Labute approximate surface area is 165 Å². The van der Waals surface area contributed by atoms with Crippen LogP contribution in [0.5, 0.6) is 0 Å². The van der Waals surface area contributed by atoms with Gasteiger partial charge in [0.2, 0.25) is 0 Å². The van der Waals surface area contributed by atoms with E-state index in [2.05, 4.69) is 82.1 Å². The van der Waals surface area contributed by atoms with E-state index in [1.54, 1.807) is 0 Å². The van der Waals surface area contributed by atoms with E-state index in [1.165, 1.54) is 16.8 Å². The summed E-state index contributed by atoms with van der Waals surface area (Å²) in [7, 11) is -0.782. The van der Waals surface area contributed by atoms with E-state index in [1.807, 2.05) is 6.07 Å². The lowest BCUT2D eigenvalue weighted by Gasteiger charge is -2.29. The smallest absolute Gasteiger partial charge is 0.307 e. The highest BCUT2D eigenvalue weighted by Crippen LogP contribution is 2.32. The number of benzene rings is 2. The molecule has 1 aromatic heterocycles. The number of H-pyrrole nitrogens is 1. The van der Waals surface area contributed by atoms with E-state index in [0.29, 0.717) is 5.54 Å². The Hall–Kier alpha value is -1.78. The Morgan fingerprint density at radius 1 is 0.926 bits per heavy atom. The Balaban J connectivity index is 1.96. The van der Waals surface area contributed by atoms with Gasteiger partial charge in [-0.15, -0.1) is 0 Å². The molecule has 0 saturated heterocycles. The van der Waals surface area contributed by atoms with Crippen LogP contribution in [-0.2, 0) is 6.42 Å². The number of aromatic amines is 1. The fraction of sp³-hybridized carbons (Fsp3) is 0.391. The summed E-state index contributed by atoms with van der Waals surface area (Å²) in [6.45, 7) is 12.0. The number of hydrogen-bond acceptors (Lipinski definition) is 1. The SMILES string of the molecule is CC(C)[SiH](C(C)C)C(C)Cc1[nH]c2cc(-c3ccccc3)ccc2c1BO. The summed E-state index contributed by atoms with van der Waals surface area (Å²) in [5.41, 5.74) is 8.18. The van der Waals surface area contributed by atoms with Crippen LogP contribution >= 0.6 is 0 Å². The minimum atomic E-state index is -0.881. The summed E-state index contributed by atoms with van der Waals surface area (Å²) >= 11 is 0. The summed E-state index contributed by atoms with van der Waals surface area (Å²) in [5, 5.41) is 11.2. The van der Waals surface area contributed by atoms with Crippen molar-refractivity contribution in [1.29, 1.82) is 0 Å². The number of nitrogens with one attached hydrogen (secondary N) is 1. The molecule has 0 aliphatic carbocycles. The van der Waals surface area contributed by atoms with E-state index in [4.69, 9.17) is 0 Å². The van der Waals surface area contributed by atoms with Crippen LogP contribution in [0.1, 0.15) is 40.3 Å². The molecular formula is C23H32BNOSi. The maximum atomic E-state index is 10.1. The molecule has 1 atom stereocenters. The minimum Gasteiger partial charge on any atom is -0.449 e. The van der Waals surface area contributed by atoms with Crippen LogP contribution in [0, 0.1) is 0 Å². The van der Waals surface area contributed by atoms with Crippen molar-refractivity contribution in [2.75, 3.05) is 0 Å². The summed E-state index contributed by atoms with van der Waals surface area (Å²) in [4.78, 5) is 3.65. The molecular weight excluding hydrogens is 345 g/mol. The molecule has 4 heteroatoms. The first kappa shape index (κ1) is 20.0. The molecule has 3 aromatic rings. The molecule has 0 fully saturated rings. The average molecular weight is 377 g/mol. The van der Waals surface area contributed by atoms with Gasteiger partial charge in [-0.1, -0.05) is 88.2 Å². The Morgan fingerprint density at radius 2 is 1.59 bits per heavy atom. The average Bonchev–Trinajstić information content (AvgIpc) is 2.97. The molecule has 142 valence electrons. The van der Waals surface area contributed by atoms with Crippen LogP contribution in [0.4, 0.5) is 0 Å². The van der Waals surface area contributed by atoms with Gasteiger partial charge in [0, 0.05) is 20.0 Å². The summed E-state index contributed by atoms with van der Waals surface area (Å²) in [5.74, 6) is 0. The van der Waals surface area contributed by atoms with Gasteiger partial charge in [0.1, 0.15) is 0 Å². The summed E-state index contributed by atoms with van der Waals surface area (Å²) < 4.78 is 0. The normalized spacial score (nSPS) is 13.1. The molecule has 0 bridgehead atoms. The highest BCUT2D eigenvalue weighted by molar-refractivity contribution is 6.63. The Morgan fingerprint density at radius 3 is 2.19 bits per heavy atom. The lowest BCUT2D eigenvalue weighted by molar-refractivity contribution is 0.615. The van der Waals surface area contributed by atoms with Crippen LogP contribution in [0.2, 0.25) is 16.6 Å². The molecule has 0 radical (unpaired) electrons.